The van der Waals surface area contributed by atoms with Crippen LogP contribution in [0.15, 0.2) is 9.98 Å². The summed E-state index contributed by atoms with van der Waals surface area (Å²) in [5, 5.41) is 0. The van der Waals surface area contributed by atoms with Gasteiger partial charge in [0.05, 0.1) is 11.4 Å². The minimum absolute atomic E-state index is 1.01. The molecule has 0 saturated carbocycles. The maximum atomic E-state index is 3.95. The van der Waals surface area contributed by atoms with E-state index in [1.807, 2.05) is 13.8 Å². The molecule has 1 heterocycles. The zero-order valence-corrected chi connectivity index (χ0v) is 12.5. The molecule has 0 N–H and O–H groups in total. The quantitative estimate of drug-likeness (QED) is 0.487. The molecule has 0 fully saturated rings. The average molecular weight is 238 g/mol. The van der Waals surface area contributed by atoms with Crippen LogP contribution in [0.3, 0.4) is 0 Å². The van der Waals surface area contributed by atoms with Gasteiger partial charge in [0.1, 0.15) is 14.1 Å². The van der Waals surface area contributed by atoms with Crippen molar-refractivity contribution in [2.45, 2.75) is 27.7 Å². The zero-order valence-electron chi connectivity index (χ0n) is 12.5. The van der Waals surface area contributed by atoms with E-state index in [4.69, 9.17) is 0 Å². The lowest BCUT2D eigenvalue weighted by Crippen LogP contribution is -2.12. The smallest absolute Gasteiger partial charge is 0.292 e. The first-order chi connectivity index (χ1) is 7.84. The molecule has 1 aliphatic heterocycles. The summed E-state index contributed by atoms with van der Waals surface area (Å²) >= 11 is 0. The Morgan fingerprint density at radius 3 is 1.29 bits per heavy atom. The SMILES string of the molecule is CC1=[N+](C)C[N+](C)=C1C.CN=C(C)C(C)=NC. The summed E-state index contributed by atoms with van der Waals surface area (Å²) in [7, 11) is 7.76. The summed E-state index contributed by atoms with van der Waals surface area (Å²) in [5.74, 6) is 0. The van der Waals surface area contributed by atoms with Crippen LogP contribution in [-0.2, 0) is 0 Å². The molecule has 1 rings (SSSR count). The highest BCUT2D eigenvalue weighted by atomic mass is 15.2. The van der Waals surface area contributed by atoms with Gasteiger partial charge in [0, 0.05) is 27.9 Å². The first-order valence-corrected chi connectivity index (χ1v) is 5.82. The second kappa shape index (κ2) is 7.09. The summed E-state index contributed by atoms with van der Waals surface area (Å²) < 4.78 is 4.49. The van der Waals surface area contributed by atoms with Crippen LogP contribution in [0.25, 0.3) is 0 Å². The van der Waals surface area contributed by atoms with Crippen LogP contribution in [0.2, 0.25) is 0 Å². The van der Waals surface area contributed by atoms with Crippen molar-refractivity contribution < 1.29 is 9.15 Å². The fourth-order valence-corrected chi connectivity index (χ4v) is 1.41. The Balaban J connectivity index is 0.000000304. The summed E-state index contributed by atoms with van der Waals surface area (Å²) in [6, 6.07) is 0. The summed E-state index contributed by atoms with van der Waals surface area (Å²) in [6.45, 7) is 9.24. The Morgan fingerprint density at radius 2 is 1.18 bits per heavy atom. The van der Waals surface area contributed by atoms with Crippen LogP contribution < -0.4 is 0 Å². The standard InChI is InChI=1S/C7H14N2.C6H12N2/c1-6-7(2)9(4)5-8(6)3;1-5(7-3)6(2)8-4/h5H2,1-4H3;1-4H3/q+2;. The number of hydrogen-bond donors (Lipinski definition) is 0. The highest BCUT2D eigenvalue weighted by molar-refractivity contribution is 6.40. The predicted molar refractivity (Wildman–Crippen MR) is 76.7 cm³/mol. The summed E-state index contributed by atoms with van der Waals surface area (Å²) in [4.78, 5) is 7.89. The minimum Gasteiger partial charge on any atom is -0.292 e. The Kier molecular flexibility index (Phi) is 6.54. The molecule has 4 nitrogen and oxygen atoms in total. The van der Waals surface area contributed by atoms with Gasteiger partial charge in [-0.3, -0.25) is 9.98 Å². The van der Waals surface area contributed by atoms with Crippen molar-refractivity contribution in [1.29, 1.82) is 0 Å². The highest BCUT2D eigenvalue weighted by Crippen LogP contribution is 1.91. The molecule has 0 aromatic heterocycles. The maximum absolute atomic E-state index is 3.95. The molecule has 0 spiro atoms. The largest absolute Gasteiger partial charge is 0.334 e. The molecule has 0 aliphatic carbocycles. The van der Waals surface area contributed by atoms with Gasteiger partial charge in [0.2, 0.25) is 11.4 Å². The van der Waals surface area contributed by atoms with Crippen LogP contribution in [0.4, 0.5) is 0 Å². The fraction of sp³-hybridized carbons (Fsp3) is 0.692. The third kappa shape index (κ3) is 4.59. The molecule has 0 aromatic rings. The van der Waals surface area contributed by atoms with Gasteiger partial charge in [0.25, 0.3) is 0 Å². The third-order valence-electron chi connectivity index (χ3n) is 3.29. The number of nitrogens with zero attached hydrogens (tertiary/aromatic N) is 4. The average Bonchev–Trinajstić information content (AvgIpc) is 2.55. The van der Waals surface area contributed by atoms with E-state index in [9.17, 15) is 0 Å². The van der Waals surface area contributed by atoms with Gasteiger partial charge in [-0.1, -0.05) is 0 Å². The molecular formula is C13H26N4+2. The Hall–Kier alpha value is -1.32. The van der Waals surface area contributed by atoms with Gasteiger partial charge >= 0.3 is 6.67 Å². The fourth-order valence-electron chi connectivity index (χ4n) is 1.41. The van der Waals surface area contributed by atoms with Gasteiger partial charge in [0.15, 0.2) is 0 Å². The lowest BCUT2D eigenvalue weighted by atomic mass is 10.3. The topological polar surface area (TPSA) is 30.7 Å². The molecule has 0 radical (unpaired) electrons. The van der Waals surface area contributed by atoms with E-state index in [2.05, 4.69) is 47.1 Å². The van der Waals surface area contributed by atoms with Gasteiger partial charge < -0.3 is 0 Å². The van der Waals surface area contributed by atoms with Crippen LogP contribution >= 0.6 is 0 Å². The Morgan fingerprint density at radius 1 is 0.882 bits per heavy atom. The van der Waals surface area contributed by atoms with Crippen molar-refractivity contribution in [3.63, 3.8) is 0 Å². The molecule has 0 bridgehead atoms. The Labute approximate surface area is 105 Å². The molecule has 96 valence electrons. The van der Waals surface area contributed by atoms with Crippen LogP contribution in [0.1, 0.15) is 27.7 Å². The maximum Gasteiger partial charge on any atom is 0.334 e. The number of hydrogen-bond acceptors (Lipinski definition) is 2. The zero-order chi connectivity index (χ0) is 13.6. The lowest BCUT2D eigenvalue weighted by Gasteiger charge is -1.92. The van der Waals surface area contributed by atoms with Crippen molar-refractivity contribution in [2.24, 2.45) is 9.98 Å². The second-order valence-electron chi connectivity index (χ2n) is 4.33. The summed E-state index contributed by atoms with van der Waals surface area (Å²) in [6.07, 6.45) is 0. The normalized spacial score (nSPS) is 17.4. The molecule has 4 heteroatoms. The van der Waals surface area contributed by atoms with E-state index >= 15 is 0 Å². The van der Waals surface area contributed by atoms with Gasteiger partial charge in [-0.2, -0.15) is 9.15 Å². The molecule has 0 aromatic carbocycles. The van der Waals surface area contributed by atoms with Crippen LogP contribution in [0.5, 0.6) is 0 Å². The monoisotopic (exact) mass is 238 g/mol. The predicted octanol–water partition coefficient (Wildman–Crippen LogP) is 1.33. The van der Waals surface area contributed by atoms with Crippen molar-refractivity contribution in [1.82, 2.24) is 0 Å². The van der Waals surface area contributed by atoms with E-state index < -0.39 is 0 Å². The first kappa shape index (κ1) is 15.7. The second-order valence-corrected chi connectivity index (χ2v) is 4.33. The van der Waals surface area contributed by atoms with E-state index in [0.717, 1.165) is 18.1 Å². The molecule has 0 amide bonds. The van der Waals surface area contributed by atoms with Gasteiger partial charge in [-0.25, -0.2) is 0 Å². The minimum atomic E-state index is 1.01. The summed E-state index contributed by atoms with van der Waals surface area (Å²) in [5.41, 5.74) is 4.79. The van der Waals surface area contributed by atoms with Crippen LogP contribution in [-0.4, -0.2) is 66.9 Å². The number of rotatable bonds is 1. The van der Waals surface area contributed by atoms with Crippen molar-refractivity contribution in [2.75, 3.05) is 34.9 Å². The van der Waals surface area contributed by atoms with Crippen molar-refractivity contribution in [3.8, 4) is 0 Å². The van der Waals surface area contributed by atoms with Crippen molar-refractivity contribution in [3.05, 3.63) is 0 Å². The van der Waals surface area contributed by atoms with E-state index in [-0.39, 0.29) is 0 Å². The van der Waals surface area contributed by atoms with E-state index in [1.54, 1.807) is 14.1 Å². The van der Waals surface area contributed by atoms with E-state index in [0.29, 0.717) is 0 Å². The molecule has 0 unspecified atom stereocenters. The van der Waals surface area contributed by atoms with Gasteiger partial charge in [-0.05, 0) is 13.8 Å². The molecule has 1 aliphatic rings. The first-order valence-electron chi connectivity index (χ1n) is 5.82. The number of aliphatic imine (C=N–C) groups is 2. The van der Waals surface area contributed by atoms with Crippen LogP contribution in [0, 0.1) is 0 Å². The third-order valence-corrected chi connectivity index (χ3v) is 3.29. The Bertz CT molecular complexity index is 360. The molecule has 0 atom stereocenters. The van der Waals surface area contributed by atoms with E-state index in [1.165, 1.54) is 11.4 Å². The van der Waals surface area contributed by atoms with Crippen molar-refractivity contribution >= 4 is 22.8 Å². The lowest BCUT2D eigenvalue weighted by molar-refractivity contribution is -0.689. The molecule has 17 heavy (non-hydrogen) atoms. The highest BCUT2D eigenvalue weighted by Gasteiger charge is 2.25. The molecule has 0 saturated heterocycles. The van der Waals surface area contributed by atoms with Gasteiger partial charge in [-0.15, -0.1) is 0 Å². The molecular weight excluding hydrogens is 212 g/mol.